The first-order chi connectivity index (χ1) is 25.5. The number of ether oxygens (including phenoxy) is 1. The molecular weight excluding hydrogens is 709 g/mol. The summed E-state index contributed by atoms with van der Waals surface area (Å²) < 4.78 is 28.9. The SMILES string of the molecule is C=C(C)C(=O)OCCC[Si](O[SiH](c1ccccc1)c1ccccc1)(O[SiH](c1ccccc1)c1ccccc1)O[SiH](c1ccccc1)c1ccccc1.[H+].[H+].[H+]. The highest BCUT2D eigenvalue weighted by molar-refractivity contribution is 6.95. The summed E-state index contributed by atoms with van der Waals surface area (Å²) in [6.07, 6.45) is 0.505. The van der Waals surface area contributed by atoms with Crippen LogP contribution in [0.4, 0.5) is 0 Å². The standard InChI is InChI=1S/C43H44O5Si4/c1-36(2)43(44)45-34-21-35-52(46-49(37-22-9-3-10-23-37)38-24-11-4-12-25-38,47-50(39-26-13-5-14-27-39)40-28-15-6-16-29-40)48-51(41-30-17-7-18-31-41)42-32-19-8-20-33-42/h3-20,22-33,49-51H,1,21,34-35H2,2H3/p+3. The van der Waals surface area contributed by atoms with Crippen molar-refractivity contribution in [3.05, 3.63) is 194 Å². The van der Waals surface area contributed by atoms with Gasteiger partial charge in [-0.2, -0.15) is 0 Å². The van der Waals surface area contributed by atoms with Crippen molar-refractivity contribution in [1.82, 2.24) is 0 Å². The number of hydrogen-bond acceptors (Lipinski definition) is 5. The summed E-state index contributed by atoms with van der Waals surface area (Å²) in [5.41, 5.74) is 0.370. The summed E-state index contributed by atoms with van der Waals surface area (Å²) >= 11 is 0. The maximum atomic E-state index is 12.5. The topological polar surface area (TPSA) is 54.0 Å². The number of rotatable bonds is 17. The molecule has 0 N–H and O–H groups in total. The number of hydrogen-bond donors (Lipinski definition) is 0. The predicted molar refractivity (Wildman–Crippen MR) is 225 cm³/mol. The Morgan fingerprint density at radius 2 is 0.750 bits per heavy atom. The number of carbonyl (C=O) groups excluding carboxylic acids is 1. The minimum absolute atomic E-state index is 0. The van der Waals surface area contributed by atoms with Crippen LogP contribution < -0.4 is 31.1 Å². The van der Waals surface area contributed by atoms with E-state index in [4.69, 9.17) is 17.1 Å². The molecule has 0 fully saturated rings. The summed E-state index contributed by atoms with van der Waals surface area (Å²) in [5, 5.41) is 6.84. The molecule has 0 saturated heterocycles. The minimum Gasteiger partial charge on any atom is -0.462 e. The van der Waals surface area contributed by atoms with Gasteiger partial charge in [0.25, 0.3) is 0 Å². The molecule has 262 valence electrons. The van der Waals surface area contributed by atoms with Gasteiger partial charge < -0.3 is 17.1 Å². The monoisotopic (exact) mass is 755 g/mol. The Morgan fingerprint density at radius 1 is 0.500 bits per heavy atom. The highest BCUT2D eigenvalue weighted by Gasteiger charge is 2.48. The molecule has 0 aliphatic rings. The van der Waals surface area contributed by atoms with E-state index < -0.39 is 41.9 Å². The summed E-state index contributed by atoms with van der Waals surface area (Å²) in [6.45, 7) is 5.64. The summed E-state index contributed by atoms with van der Waals surface area (Å²) in [5.74, 6) is -0.405. The Hall–Kier alpha value is -4.72. The lowest BCUT2D eigenvalue weighted by atomic mass is 10.4. The molecule has 0 aliphatic heterocycles. The van der Waals surface area contributed by atoms with Gasteiger partial charge in [-0.1, -0.05) is 189 Å². The van der Waals surface area contributed by atoms with Gasteiger partial charge in [-0.3, -0.25) is 0 Å². The zero-order valence-corrected chi connectivity index (χ0v) is 33.9. The largest absolute Gasteiger partial charge is 1.00 e. The molecule has 52 heavy (non-hydrogen) atoms. The lowest BCUT2D eigenvalue weighted by molar-refractivity contribution is -0.138. The fourth-order valence-electron chi connectivity index (χ4n) is 6.13. The van der Waals surface area contributed by atoms with Crippen LogP contribution in [0.25, 0.3) is 0 Å². The second-order valence-electron chi connectivity index (χ2n) is 12.7. The van der Waals surface area contributed by atoms with E-state index in [1.165, 1.54) is 0 Å². The maximum absolute atomic E-state index is 12.5. The second kappa shape index (κ2) is 18.7. The second-order valence-corrected chi connectivity index (χ2v) is 23.6. The first kappa shape index (κ1) is 37.0. The molecule has 0 spiro atoms. The van der Waals surface area contributed by atoms with Gasteiger partial charge in [0.15, 0.2) is 0 Å². The van der Waals surface area contributed by atoms with E-state index >= 15 is 0 Å². The van der Waals surface area contributed by atoms with Gasteiger partial charge in [0.05, 0.1) is 6.61 Å². The molecule has 9 heteroatoms. The molecule has 6 aromatic rings. The molecule has 0 unspecified atom stereocenters. The Morgan fingerprint density at radius 3 is 0.981 bits per heavy atom. The van der Waals surface area contributed by atoms with Crippen molar-refractivity contribution in [3.63, 3.8) is 0 Å². The molecule has 0 radical (unpaired) electrons. The van der Waals surface area contributed by atoms with Gasteiger partial charge in [0.2, 0.25) is 27.1 Å². The zero-order valence-electron chi connectivity index (χ0n) is 32.4. The Kier molecular flexibility index (Phi) is 13.3. The van der Waals surface area contributed by atoms with Gasteiger partial charge in [0.1, 0.15) is 0 Å². The number of benzene rings is 6. The Labute approximate surface area is 318 Å². The van der Waals surface area contributed by atoms with Crippen LogP contribution in [-0.2, 0) is 21.9 Å². The summed E-state index contributed by atoms with van der Waals surface area (Å²) in [6, 6.07) is 63.4. The van der Waals surface area contributed by atoms with Gasteiger partial charge in [-0.25, -0.2) is 4.79 Å². The fraction of sp³-hybridized carbons (Fsp3) is 0.0930. The smallest absolute Gasteiger partial charge is 0.462 e. The van der Waals surface area contributed by atoms with Crippen LogP contribution in [0.5, 0.6) is 0 Å². The molecule has 0 amide bonds. The highest BCUT2D eigenvalue weighted by atomic mass is 28.5. The third-order valence-corrected chi connectivity index (χ3v) is 22.8. The van der Waals surface area contributed by atoms with Crippen molar-refractivity contribution in [1.29, 1.82) is 0 Å². The molecular formula is C43H47O5Si4+3. The molecule has 0 atom stereocenters. The fourth-order valence-corrected chi connectivity index (χ4v) is 22.4. The van der Waals surface area contributed by atoms with Crippen molar-refractivity contribution < 1.29 is 26.2 Å². The van der Waals surface area contributed by atoms with Gasteiger partial charge >= 0.3 is 19.1 Å². The quantitative estimate of drug-likeness (QED) is 0.0598. The predicted octanol–water partition coefficient (Wildman–Crippen LogP) is 4.44. The molecule has 6 rings (SSSR count). The molecule has 5 nitrogen and oxygen atoms in total. The van der Waals surface area contributed by atoms with E-state index in [2.05, 4.69) is 152 Å². The lowest BCUT2D eigenvalue weighted by Crippen LogP contribution is -2.66. The van der Waals surface area contributed by atoms with E-state index in [1.54, 1.807) is 6.92 Å². The van der Waals surface area contributed by atoms with Gasteiger partial charge in [-0.05, 0) is 44.5 Å². The third-order valence-electron chi connectivity index (χ3n) is 8.72. The van der Waals surface area contributed by atoms with E-state index in [0.29, 0.717) is 18.0 Å². The van der Waals surface area contributed by atoms with Crippen molar-refractivity contribution in [2.45, 2.75) is 19.4 Å². The number of esters is 1. The lowest BCUT2D eigenvalue weighted by Gasteiger charge is -2.39. The van der Waals surface area contributed by atoms with E-state index in [1.807, 2.05) is 36.4 Å². The van der Waals surface area contributed by atoms with Crippen LogP contribution >= 0.6 is 0 Å². The van der Waals surface area contributed by atoms with E-state index in [-0.39, 0.29) is 10.9 Å². The first-order valence-electron chi connectivity index (χ1n) is 17.7. The molecule has 0 saturated carbocycles. The van der Waals surface area contributed by atoms with E-state index in [0.717, 1.165) is 31.1 Å². The molecule has 0 aliphatic carbocycles. The normalized spacial score (nSPS) is 11.5. The molecule has 0 bridgehead atoms. The third kappa shape index (κ3) is 9.99. The van der Waals surface area contributed by atoms with Crippen molar-refractivity contribution in [2.75, 3.05) is 6.61 Å². The Balaban J connectivity index is 0.00000271. The molecule has 6 aromatic carbocycles. The van der Waals surface area contributed by atoms with Crippen LogP contribution in [0, 0.1) is 0 Å². The van der Waals surface area contributed by atoms with Crippen LogP contribution in [0.15, 0.2) is 194 Å². The molecule has 0 aromatic heterocycles. The highest BCUT2D eigenvalue weighted by Crippen LogP contribution is 2.23. The van der Waals surface area contributed by atoms with Crippen LogP contribution in [0.3, 0.4) is 0 Å². The van der Waals surface area contributed by atoms with Gasteiger partial charge in [0, 0.05) is 11.6 Å². The van der Waals surface area contributed by atoms with Crippen molar-refractivity contribution in [3.8, 4) is 0 Å². The zero-order chi connectivity index (χ0) is 36.0. The van der Waals surface area contributed by atoms with Crippen LogP contribution in [0.2, 0.25) is 6.04 Å². The summed E-state index contributed by atoms with van der Waals surface area (Å²) in [7, 11) is -11.0. The van der Waals surface area contributed by atoms with Crippen molar-refractivity contribution in [2.24, 2.45) is 0 Å². The number of carbonyl (C=O) groups is 1. The average molecular weight is 756 g/mol. The average Bonchev–Trinajstić information content (AvgIpc) is 3.21. The Bertz CT molecular complexity index is 1660. The van der Waals surface area contributed by atoms with Crippen LogP contribution in [-0.4, -0.2) is 48.5 Å². The molecule has 0 heterocycles. The van der Waals surface area contributed by atoms with Crippen LogP contribution in [0.1, 0.15) is 17.6 Å². The van der Waals surface area contributed by atoms with E-state index in [9.17, 15) is 4.79 Å². The van der Waals surface area contributed by atoms with Crippen molar-refractivity contribution >= 4 is 73.0 Å². The van der Waals surface area contributed by atoms with Gasteiger partial charge in [-0.15, -0.1) is 0 Å². The minimum atomic E-state index is -3.71. The summed E-state index contributed by atoms with van der Waals surface area (Å²) in [4.78, 5) is 12.5. The first-order valence-corrected chi connectivity index (χ1v) is 24.5. The maximum Gasteiger partial charge on any atom is 1.00 e.